The van der Waals surface area contributed by atoms with Crippen LogP contribution in [0.5, 0.6) is 0 Å². The Morgan fingerprint density at radius 2 is 0.979 bits per heavy atom. The third kappa shape index (κ3) is 4.09. The van der Waals surface area contributed by atoms with Crippen LogP contribution in [0.2, 0.25) is 0 Å². The molecule has 2 aliphatic rings. The lowest BCUT2D eigenvalue weighted by molar-refractivity contribution is 0.660. The molecule has 0 bridgehead atoms. The predicted molar refractivity (Wildman–Crippen MR) is 199 cm³/mol. The van der Waals surface area contributed by atoms with Crippen LogP contribution in [0.3, 0.4) is 0 Å². The number of anilines is 3. The molecule has 0 aliphatic heterocycles. The average molecular weight is 604 g/mol. The average Bonchev–Trinajstić information content (AvgIpc) is 3.47. The van der Waals surface area contributed by atoms with Gasteiger partial charge in [0.25, 0.3) is 0 Å². The standard InChI is InChI=1S/C46H37N/c1-45(2)39-21-11-10-20-36(39)44-41(45)22-13-23-43(44)47(34-19-12-18-31(26-34)30-14-6-5-7-15-30)35-24-25-40-38(29-35)37-27-32-16-8-9-17-33(32)28-42(37)46(40,3)4/h5-29H,1-4H3. The van der Waals surface area contributed by atoms with Crippen LogP contribution in [0.4, 0.5) is 17.1 Å². The Hall–Kier alpha value is -5.40. The zero-order valence-corrected chi connectivity index (χ0v) is 27.4. The summed E-state index contributed by atoms with van der Waals surface area (Å²) < 4.78 is 0. The first kappa shape index (κ1) is 27.9. The summed E-state index contributed by atoms with van der Waals surface area (Å²) in [6.45, 7) is 9.47. The summed E-state index contributed by atoms with van der Waals surface area (Å²) in [5.41, 5.74) is 16.7. The highest BCUT2D eigenvalue weighted by molar-refractivity contribution is 5.98. The van der Waals surface area contributed by atoms with Gasteiger partial charge in [-0.25, -0.2) is 0 Å². The smallest absolute Gasteiger partial charge is 0.0543 e. The van der Waals surface area contributed by atoms with Crippen molar-refractivity contribution in [2.24, 2.45) is 0 Å². The van der Waals surface area contributed by atoms with E-state index < -0.39 is 0 Å². The Kier molecular flexibility index (Phi) is 5.96. The molecular formula is C46H37N. The van der Waals surface area contributed by atoms with Crippen molar-refractivity contribution in [3.63, 3.8) is 0 Å². The first-order valence-electron chi connectivity index (χ1n) is 16.7. The van der Waals surface area contributed by atoms with Gasteiger partial charge in [-0.3, -0.25) is 0 Å². The van der Waals surface area contributed by atoms with E-state index in [-0.39, 0.29) is 10.8 Å². The van der Waals surface area contributed by atoms with Crippen LogP contribution in [0.15, 0.2) is 152 Å². The van der Waals surface area contributed by atoms with E-state index >= 15 is 0 Å². The van der Waals surface area contributed by atoms with E-state index in [0.29, 0.717) is 0 Å². The van der Waals surface area contributed by atoms with Crippen LogP contribution in [-0.2, 0) is 10.8 Å². The Bertz CT molecular complexity index is 2360. The van der Waals surface area contributed by atoms with E-state index in [4.69, 9.17) is 0 Å². The summed E-state index contributed by atoms with van der Waals surface area (Å²) in [5.74, 6) is 0. The van der Waals surface area contributed by atoms with Crippen LogP contribution in [0, 0.1) is 0 Å². The van der Waals surface area contributed by atoms with Crippen LogP contribution >= 0.6 is 0 Å². The van der Waals surface area contributed by atoms with E-state index in [9.17, 15) is 0 Å². The van der Waals surface area contributed by atoms with Crippen molar-refractivity contribution in [2.75, 3.05) is 4.90 Å². The quantitative estimate of drug-likeness (QED) is 0.193. The molecule has 0 fully saturated rings. The van der Waals surface area contributed by atoms with Gasteiger partial charge in [0, 0.05) is 27.8 Å². The van der Waals surface area contributed by atoms with Crippen LogP contribution in [0.1, 0.15) is 49.9 Å². The van der Waals surface area contributed by atoms with E-state index in [1.54, 1.807) is 0 Å². The fraction of sp³-hybridized carbons (Fsp3) is 0.130. The number of fused-ring (bicyclic) bond motifs is 7. The van der Waals surface area contributed by atoms with Gasteiger partial charge in [-0.15, -0.1) is 0 Å². The maximum atomic E-state index is 2.50. The molecule has 47 heavy (non-hydrogen) atoms. The van der Waals surface area contributed by atoms with E-state index in [1.165, 1.54) is 77.8 Å². The summed E-state index contributed by atoms with van der Waals surface area (Å²) in [5, 5.41) is 2.58. The molecule has 9 rings (SSSR count). The molecule has 0 aromatic heterocycles. The largest absolute Gasteiger partial charge is 0.310 e. The molecule has 0 saturated carbocycles. The fourth-order valence-electron chi connectivity index (χ4n) is 8.37. The van der Waals surface area contributed by atoms with Crippen LogP contribution in [0.25, 0.3) is 44.2 Å². The lowest BCUT2D eigenvalue weighted by Gasteiger charge is -2.30. The van der Waals surface area contributed by atoms with Gasteiger partial charge in [0.15, 0.2) is 0 Å². The molecule has 7 aromatic carbocycles. The van der Waals surface area contributed by atoms with Gasteiger partial charge in [0.05, 0.1) is 5.69 Å². The topological polar surface area (TPSA) is 3.24 Å². The van der Waals surface area contributed by atoms with Gasteiger partial charge in [-0.1, -0.05) is 137 Å². The van der Waals surface area contributed by atoms with Gasteiger partial charge in [0.2, 0.25) is 0 Å². The lowest BCUT2D eigenvalue weighted by Crippen LogP contribution is -2.16. The van der Waals surface area contributed by atoms with Crippen molar-refractivity contribution in [2.45, 2.75) is 38.5 Å². The third-order valence-electron chi connectivity index (χ3n) is 10.8. The van der Waals surface area contributed by atoms with Gasteiger partial charge in [0.1, 0.15) is 0 Å². The Balaban J connectivity index is 1.31. The summed E-state index contributed by atoms with van der Waals surface area (Å²) in [4.78, 5) is 2.50. The number of hydrogen-bond acceptors (Lipinski definition) is 1. The molecule has 0 N–H and O–H groups in total. The van der Waals surface area contributed by atoms with Gasteiger partial charge < -0.3 is 4.90 Å². The predicted octanol–water partition coefficient (Wildman–Crippen LogP) is 12.6. The maximum absolute atomic E-state index is 2.50. The highest BCUT2D eigenvalue weighted by atomic mass is 15.1. The lowest BCUT2D eigenvalue weighted by atomic mass is 9.82. The van der Waals surface area contributed by atoms with Crippen molar-refractivity contribution in [3.05, 3.63) is 174 Å². The molecule has 226 valence electrons. The van der Waals surface area contributed by atoms with Crippen LogP contribution in [-0.4, -0.2) is 0 Å². The summed E-state index contributed by atoms with van der Waals surface area (Å²) in [6, 6.07) is 56.3. The van der Waals surface area contributed by atoms with E-state index in [2.05, 4.69) is 184 Å². The zero-order valence-electron chi connectivity index (χ0n) is 27.4. The van der Waals surface area contributed by atoms with Crippen molar-refractivity contribution in [1.29, 1.82) is 0 Å². The van der Waals surface area contributed by atoms with Crippen LogP contribution < -0.4 is 4.90 Å². The number of rotatable bonds is 4. The maximum Gasteiger partial charge on any atom is 0.0543 e. The minimum Gasteiger partial charge on any atom is -0.310 e. The SMILES string of the molecule is CC1(C)c2ccc(N(c3cccc(-c4ccccc4)c3)c3cccc4c3-c3ccccc3C4(C)C)cc2-c2cc3ccccc3cc21. The minimum atomic E-state index is -0.0819. The molecule has 0 unspecified atom stereocenters. The monoisotopic (exact) mass is 603 g/mol. The molecule has 0 atom stereocenters. The van der Waals surface area contributed by atoms with E-state index in [1.807, 2.05) is 0 Å². The molecule has 0 heterocycles. The van der Waals surface area contributed by atoms with Crippen molar-refractivity contribution in [3.8, 4) is 33.4 Å². The minimum absolute atomic E-state index is 0.0811. The summed E-state index contributed by atoms with van der Waals surface area (Å²) >= 11 is 0. The highest BCUT2D eigenvalue weighted by Gasteiger charge is 2.39. The molecular weight excluding hydrogens is 567 g/mol. The molecule has 1 nitrogen and oxygen atoms in total. The second kappa shape index (κ2) is 10.0. The van der Waals surface area contributed by atoms with E-state index in [0.717, 1.165) is 5.69 Å². The van der Waals surface area contributed by atoms with Crippen molar-refractivity contribution < 1.29 is 0 Å². The number of nitrogens with zero attached hydrogens (tertiary/aromatic N) is 1. The van der Waals surface area contributed by atoms with Crippen molar-refractivity contribution >= 4 is 27.8 Å². The molecule has 0 radical (unpaired) electrons. The first-order valence-corrected chi connectivity index (χ1v) is 16.7. The highest BCUT2D eigenvalue weighted by Crippen LogP contribution is 2.56. The molecule has 2 aliphatic carbocycles. The molecule has 1 heteroatoms. The Morgan fingerprint density at radius 1 is 0.383 bits per heavy atom. The molecule has 0 saturated heterocycles. The third-order valence-corrected chi connectivity index (χ3v) is 10.8. The van der Waals surface area contributed by atoms with Gasteiger partial charge in [-0.2, -0.15) is 0 Å². The normalized spacial score (nSPS) is 14.7. The number of hydrogen-bond donors (Lipinski definition) is 0. The Labute approximate surface area is 277 Å². The second-order valence-corrected chi connectivity index (χ2v) is 14.2. The first-order chi connectivity index (χ1) is 22.8. The van der Waals surface area contributed by atoms with Gasteiger partial charge in [-0.05, 0) is 103 Å². The fourth-order valence-corrected chi connectivity index (χ4v) is 8.37. The molecule has 0 spiro atoms. The van der Waals surface area contributed by atoms with Crippen molar-refractivity contribution in [1.82, 2.24) is 0 Å². The summed E-state index contributed by atoms with van der Waals surface area (Å²) in [7, 11) is 0. The Morgan fingerprint density at radius 3 is 1.81 bits per heavy atom. The van der Waals surface area contributed by atoms with Gasteiger partial charge >= 0.3 is 0 Å². The second-order valence-electron chi connectivity index (χ2n) is 14.2. The molecule has 7 aromatic rings. The zero-order chi connectivity index (χ0) is 31.9. The summed E-state index contributed by atoms with van der Waals surface area (Å²) in [6.07, 6.45) is 0. The molecule has 0 amide bonds. The number of benzene rings is 7.